The van der Waals surface area contributed by atoms with Crippen molar-refractivity contribution >= 4 is 29.7 Å². The van der Waals surface area contributed by atoms with E-state index in [4.69, 9.17) is 4.74 Å². The molecule has 0 fully saturated rings. The average molecular weight is 522 g/mol. The molecule has 0 heterocycles. The van der Waals surface area contributed by atoms with E-state index in [1.807, 2.05) is 20.1 Å². The van der Waals surface area contributed by atoms with Crippen molar-refractivity contribution in [1.82, 2.24) is 15.5 Å². The zero-order valence-corrected chi connectivity index (χ0v) is 23.5. The summed E-state index contributed by atoms with van der Waals surface area (Å²) in [7, 11) is 0. The van der Waals surface area contributed by atoms with Crippen LogP contribution in [0.1, 0.15) is 71.0 Å². The summed E-state index contributed by atoms with van der Waals surface area (Å²) in [5.41, 5.74) is 0.422. The van der Waals surface area contributed by atoms with E-state index >= 15 is 0 Å². The minimum Gasteiger partial charge on any atom is -0.508 e. The number of carbonyl (C=O) groups excluding carboxylic acids is 3. The molecule has 3 amide bonds. The first-order chi connectivity index (χ1) is 16.8. The number of nitrogens with zero attached hydrogens (tertiary/aromatic N) is 1. The summed E-state index contributed by atoms with van der Waals surface area (Å²) in [4.78, 5) is 41.4. The Kier molecular flexibility index (Phi) is 12.9. The Morgan fingerprint density at radius 1 is 1.22 bits per heavy atom. The maximum Gasteiger partial charge on any atom is 0.408 e. The number of rotatable bonds is 13. The highest BCUT2D eigenvalue weighted by Gasteiger charge is 2.36. The number of aromatic hydroxyl groups is 1. The lowest BCUT2D eigenvalue weighted by Gasteiger charge is -2.34. The van der Waals surface area contributed by atoms with E-state index in [0.717, 1.165) is 12.8 Å². The number of amides is 3. The lowest BCUT2D eigenvalue weighted by Crippen LogP contribution is -2.53. The fourth-order valence-corrected chi connectivity index (χ4v) is 4.22. The summed E-state index contributed by atoms with van der Waals surface area (Å²) >= 11 is 1.55. The lowest BCUT2D eigenvalue weighted by atomic mass is 9.99. The molecule has 0 radical (unpaired) electrons. The van der Waals surface area contributed by atoms with Gasteiger partial charge in [-0.3, -0.25) is 9.59 Å². The van der Waals surface area contributed by atoms with E-state index in [2.05, 4.69) is 17.2 Å². The number of alkyl carbamates (subject to hydrolysis) is 1. The largest absolute Gasteiger partial charge is 0.508 e. The third kappa shape index (κ3) is 10.1. The molecule has 0 saturated carbocycles. The third-order valence-corrected chi connectivity index (χ3v) is 6.06. The molecule has 0 bridgehead atoms. The first-order valence-electron chi connectivity index (χ1n) is 12.3. The Bertz CT molecular complexity index is 900. The van der Waals surface area contributed by atoms with Crippen molar-refractivity contribution in [2.45, 2.75) is 84.5 Å². The summed E-state index contributed by atoms with van der Waals surface area (Å²) in [6.45, 7) is 14.8. The van der Waals surface area contributed by atoms with Gasteiger partial charge in [-0.2, -0.15) is 11.8 Å². The Hall–Kier alpha value is -2.68. The minimum absolute atomic E-state index is 0.0870. The van der Waals surface area contributed by atoms with Gasteiger partial charge in [0, 0.05) is 12.6 Å². The normalized spacial score (nSPS) is 13.8. The molecule has 3 N–H and O–H groups in total. The second-order valence-corrected chi connectivity index (χ2v) is 10.9. The van der Waals surface area contributed by atoms with Gasteiger partial charge in [0.05, 0.1) is 0 Å². The monoisotopic (exact) mass is 521 g/mol. The molecule has 1 aromatic carbocycles. The summed E-state index contributed by atoms with van der Waals surface area (Å²) in [5.74, 6) is -0.0270. The SMILES string of the molecule is C=CCN(C(=O)C(CCSC)NC(=O)OC(C)(C)C)C(C(=O)NC(C)CCC)c1ccc(O)c(C)c1. The van der Waals surface area contributed by atoms with Gasteiger partial charge in [0.2, 0.25) is 11.8 Å². The summed E-state index contributed by atoms with van der Waals surface area (Å²) in [6.07, 6.45) is 4.83. The van der Waals surface area contributed by atoms with E-state index in [1.165, 1.54) is 11.0 Å². The number of hydrogen-bond donors (Lipinski definition) is 3. The molecule has 0 aromatic heterocycles. The highest BCUT2D eigenvalue weighted by Crippen LogP contribution is 2.27. The van der Waals surface area contributed by atoms with Crippen molar-refractivity contribution in [2.24, 2.45) is 0 Å². The number of ether oxygens (including phenoxy) is 1. The number of phenolic OH excluding ortho intramolecular Hbond substituents is 1. The molecule has 202 valence electrons. The fraction of sp³-hybridized carbons (Fsp3) is 0.593. The van der Waals surface area contributed by atoms with Crippen LogP contribution < -0.4 is 10.6 Å². The molecule has 0 aliphatic heterocycles. The Labute approximate surface area is 220 Å². The Morgan fingerprint density at radius 3 is 2.42 bits per heavy atom. The molecule has 3 unspecified atom stereocenters. The third-order valence-electron chi connectivity index (χ3n) is 5.42. The van der Waals surface area contributed by atoms with Crippen molar-refractivity contribution in [3.8, 4) is 5.75 Å². The molecule has 1 aromatic rings. The lowest BCUT2D eigenvalue weighted by molar-refractivity contribution is -0.142. The number of benzene rings is 1. The van der Waals surface area contributed by atoms with Crippen LogP contribution in [-0.2, 0) is 14.3 Å². The Balaban J connectivity index is 3.46. The van der Waals surface area contributed by atoms with Crippen molar-refractivity contribution in [3.63, 3.8) is 0 Å². The van der Waals surface area contributed by atoms with Crippen molar-refractivity contribution in [1.29, 1.82) is 0 Å². The molecule has 36 heavy (non-hydrogen) atoms. The van der Waals surface area contributed by atoms with Crippen LogP contribution in [0.15, 0.2) is 30.9 Å². The van der Waals surface area contributed by atoms with E-state index in [0.29, 0.717) is 23.3 Å². The molecular formula is C27H43N3O5S. The maximum absolute atomic E-state index is 13.9. The summed E-state index contributed by atoms with van der Waals surface area (Å²) < 4.78 is 5.38. The van der Waals surface area contributed by atoms with Gasteiger partial charge in [-0.1, -0.05) is 25.5 Å². The molecule has 0 spiro atoms. The predicted octanol–water partition coefficient (Wildman–Crippen LogP) is 4.71. The van der Waals surface area contributed by atoms with Gasteiger partial charge in [0.15, 0.2) is 0 Å². The smallest absolute Gasteiger partial charge is 0.408 e. The van der Waals surface area contributed by atoms with Gasteiger partial charge in [-0.05, 0) is 82.7 Å². The van der Waals surface area contributed by atoms with Gasteiger partial charge < -0.3 is 25.4 Å². The van der Waals surface area contributed by atoms with E-state index < -0.39 is 29.7 Å². The molecule has 1 rings (SSSR count). The van der Waals surface area contributed by atoms with Crippen LogP contribution in [0, 0.1) is 6.92 Å². The van der Waals surface area contributed by atoms with Crippen LogP contribution in [0.2, 0.25) is 0 Å². The first-order valence-corrected chi connectivity index (χ1v) is 13.7. The zero-order valence-electron chi connectivity index (χ0n) is 22.7. The van der Waals surface area contributed by atoms with Crippen LogP contribution >= 0.6 is 11.8 Å². The molecule has 0 saturated heterocycles. The van der Waals surface area contributed by atoms with Crippen molar-refractivity contribution in [2.75, 3.05) is 18.6 Å². The number of thioether (sulfide) groups is 1. The van der Waals surface area contributed by atoms with Gasteiger partial charge in [-0.25, -0.2) is 4.79 Å². The van der Waals surface area contributed by atoms with Crippen LogP contribution in [0.4, 0.5) is 4.79 Å². The standard InChI is InChI=1S/C27H43N3O5S/c1-9-11-19(4)28-24(32)23(20-12-13-22(31)18(3)17-20)30(15-10-2)25(33)21(14-16-36-8)29-26(34)35-27(5,6)7/h10,12-13,17,19,21,23,31H,2,9,11,14-16H2,1,3-8H3,(H,28,32)(H,29,34). The summed E-state index contributed by atoms with van der Waals surface area (Å²) in [6, 6.07) is 2.89. The fourth-order valence-electron chi connectivity index (χ4n) is 3.75. The first kappa shape index (κ1) is 31.4. The average Bonchev–Trinajstić information content (AvgIpc) is 2.77. The van der Waals surface area contributed by atoms with E-state index in [1.54, 1.807) is 57.7 Å². The molecule has 8 nitrogen and oxygen atoms in total. The topological polar surface area (TPSA) is 108 Å². The van der Waals surface area contributed by atoms with Crippen LogP contribution in [0.5, 0.6) is 5.75 Å². The molecule has 0 aliphatic rings. The number of carbonyl (C=O) groups is 3. The van der Waals surface area contributed by atoms with Crippen LogP contribution in [0.25, 0.3) is 0 Å². The van der Waals surface area contributed by atoms with Crippen LogP contribution in [-0.4, -0.2) is 64.2 Å². The molecular weight excluding hydrogens is 478 g/mol. The maximum atomic E-state index is 13.9. The van der Waals surface area contributed by atoms with Gasteiger partial charge in [0.25, 0.3) is 0 Å². The second kappa shape index (κ2) is 14.8. The molecule has 9 heteroatoms. The van der Waals surface area contributed by atoms with Crippen LogP contribution in [0.3, 0.4) is 0 Å². The van der Waals surface area contributed by atoms with Gasteiger partial charge in [-0.15, -0.1) is 6.58 Å². The number of phenols is 1. The number of hydrogen-bond acceptors (Lipinski definition) is 6. The van der Waals surface area contributed by atoms with Gasteiger partial charge in [0.1, 0.15) is 23.4 Å². The molecule has 0 aliphatic carbocycles. The predicted molar refractivity (Wildman–Crippen MR) is 146 cm³/mol. The van der Waals surface area contributed by atoms with E-state index in [-0.39, 0.29) is 24.2 Å². The van der Waals surface area contributed by atoms with Crippen molar-refractivity contribution in [3.05, 3.63) is 42.0 Å². The Morgan fingerprint density at radius 2 is 1.89 bits per heavy atom. The van der Waals surface area contributed by atoms with E-state index in [9.17, 15) is 19.5 Å². The quantitative estimate of drug-likeness (QED) is 0.325. The number of nitrogens with one attached hydrogen (secondary N) is 2. The van der Waals surface area contributed by atoms with Gasteiger partial charge >= 0.3 is 6.09 Å². The molecule has 3 atom stereocenters. The number of aryl methyl sites for hydroxylation is 1. The zero-order chi connectivity index (χ0) is 27.5. The minimum atomic E-state index is -0.980. The highest BCUT2D eigenvalue weighted by molar-refractivity contribution is 7.98. The second-order valence-electron chi connectivity index (χ2n) is 9.91. The highest BCUT2D eigenvalue weighted by atomic mass is 32.2. The van der Waals surface area contributed by atoms with Crippen molar-refractivity contribution < 1.29 is 24.2 Å². The summed E-state index contributed by atoms with van der Waals surface area (Å²) in [5, 5.41) is 15.8.